The Morgan fingerprint density at radius 3 is 3.05 bits per heavy atom. The fraction of sp³-hybridized carbons (Fsp3) is 0.538. The summed E-state index contributed by atoms with van der Waals surface area (Å²) in [5, 5.41) is 19.9. The molecule has 2 N–H and O–H groups in total. The van der Waals surface area contributed by atoms with Gasteiger partial charge in [-0.05, 0) is 32.3 Å². The van der Waals surface area contributed by atoms with Crippen LogP contribution in [0.15, 0.2) is 16.9 Å². The van der Waals surface area contributed by atoms with Gasteiger partial charge in [-0.15, -0.1) is 10.2 Å². The summed E-state index contributed by atoms with van der Waals surface area (Å²) in [5.74, 6) is 0.828. The van der Waals surface area contributed by atoms with Gasteiger partial charge in [0.15, 0.2) is 0 Å². The zero-order valence-electron chi connectivity index (χ0n) is 11.9. The van der Waals surface area contributed by atoms with E-state index in [2.05, 4.69) is 30.6 Å². The van der Waals surface area contributed by atoms with Crippen molar-refractivity contribution in [2.75, 3.05) is 23.3 Å². The second kappa shape index (κ2) is 6.21. The van der Waals surface area contributed by atoms with Crippen molar-refractivity contribution >= 4 is 22.3 Å². The first-order valence-electron chi connectivity index (χ1n) is 7.09. The number of aromatic amines is 1. The maximum Gasteiger partial charge on any atom is 0.264 e. The van der Waals surface area contributed by atoms with Crippen LogP contribution in [-0.4, -0.2) is 39.5 Å². The van der Waals surface area contributed by atoms with Crippen LogP contribution < -0.4 is 15.8 Å². The minimum Gasteiger partial charge on any atom is -0.358 e. The third-order valence-electron chi connectivity index (χ3n) is 3.60. The van der Waals surface area contributed by atoms with E-state index in [0.717, 1.165) is 41.9 Å². The van der Waals surface area contributed by atoms with E-state index in [4.69, 9.17) is 0 Å². The number of piperidine rings is 1. The van der Waals surface area contributed by atoms with E-state index in [9.17, 15) is 4.79 Å². The highest BCUT2D eigenvalue weighted by Crippen LogP contribution is 2.23. The molecule has 0 aliphatic carbocycles. The van der Waals surface area contributed by atoms with Crippen molar-refractivity contribution in [3.8, 4) is 0 Å². The molecule has 0 radical (unpaired) electrons. The van der Waals surface area contributed by atoms with Gasteiger partial charge in [-0.2, -0.15) is 5.10 Å². The smallest absolute Gasteiger partial charge is 0.264 e. The molecule has 1 saturated heterocycles. The Balaban J connectivity index is 1.69. The molecule has 0 amide bonds. The van der Waals surface area contributed by atoms with E-state index < -0.39 is 0 Å². The lowest BCUT2D eigenvalue weighted by Gasteiger charge is -2.36. The second-order valence-corrected chi connectivity index (χ2v) is 6.31. The largest absolute Gasteiger partial charge is 0.358 e. The highest BCUT2D eigenvalue weighted by molar-refractivity contribution is 7.15. The van der Waals surface area contributed by atoms with Crippen molar-refractivity contribution in [1.29, 1.82) is 0 Å². The Bertz CT molecular complexity index is 634. The Kier molecular flexibility index (Phi) is 4.14. The molecule has 3 rings (SSSR count). The van der Waals surface area contributed by atoms with Gasteiger partial charge in [0, 0.05) is 25.2 Å². The molecular formula is C13H18N6OS. The zero-order valence-corrected chi connectivity index (χ0v) is 12.7. The van der Waals surface area contributed by atoms with Crippen molar-refractivity contribution in [3.05, 3.63) is 27.5 Å². The molecule has 8 heteroatoms. The molecule has 0 saturated carbocycles. The monoisotopic (exact) mass is 306 g/mol. The number of hydrogen-bond donors (Lipinski definition) is 2. The number of anilines is 2. The van der Waals surface area contributed by atoms with Crippen molar-refractivity contribution < 1.29 is 0 Å². The van der Waals surface area contributed by atoms with Gasteiger partial charge in [0.25, 0.3) is 5.56 Å². The Morgan fingerprint density at radius 2 is 2.33 bits per heavy atom. The molecule has 112 valence electrons. The average molecular weight is 306 g/mol. The maximum absolute atomic E-state index is 11.1. The van der Waals surface area contributed by atoms with E-state index in [1.807, 2.05) is 6.92 Å². The lowest BCUT2D eigenvalue weighted by molar-refractivity contribution is 0.467. The summed E-state index contributed by atoms with van der Waals surface area (Å²) < 4.78 is 0. The van der Waals surface area contributed by atoms with E-state index in [-0.39, 0.29) is 5.56 Å². The van der Waals surface area contributed by atoms with Crippen LogP contribution in [-0.2, 0) is 0 Å². The van der Waals surface area contributed by atoms with Gasteiger partial charge in [0.1, 0.15) is 10.8 Å². The van der Waals surface area contributed by atoms with Gasteiger partial charge < -0.3 is 10.2 Å². The summed E-state index contributed by atoms with van der Waals surface area (Å²) >= 11 is 1.56. The predicted molar refractivity (Wildman–Crippen MR) is 83.0 cm³/mol. The quantitative estimate of drug-likeness (QED) is 0.888. The number of rotatable bonds is 4. The third kappa shape index (κ3) is 3.38. The molecule has 1 aliphatic heterocycles. The molecule has 2 aromatic rings. The van der Waals surface area contributed by atoms with Crippen molar-refractivity contribution in [3.63, 3.8) is 0 Å². The summed E-state index contributed by atoms with van der Waals surface area (Å²) in [6.07, 6.45) is 3.46. The minimum atomic E-state index is -0.172. The topological polar surface area (TPSA) is 86.8 Å². The Hall–Kier alpha value is -1.96. The number of aryl methyl sites for hydroxylation is 1. The molecule has 1 aliphatic rings. The number of nitrogens with one attached hydrogen (secondary N) is 2. The van der Waals surface area contributed by atoms with Gasteiger partial charge >= 0.3 is 0 Å². The summed E-state index contributed by atoms with van der Waals surface area (Å²) in [4.78, 5) is 13.4. The highest BCUT2D eigenvalue weighted by atomic mass is 32.1. The number of hydrogen-bond acceptors (Lipinski definition) is 7. The fourth-order valence-electron chi connectivity index (χ4n) is 2.58. The van der Waals surface area contributed by atoms with Crippen LogP contribution in [0, 0.1) is 6.92 Å². The first kappa shape index (κ1) is 14.0. The molecule has 0 spiro atoms. The van der Waals surface area contributed by atoms with Gasteiger partial charge in [-0.1, -0.05) is 11.3 Å². The molecule has 1 fully saturated rings. The average Bonchev–Trinajstić information content (AvgIpc) is 2.92. The molecule has 1 unspecified atom stereocenters. The normalized spacial score (nSPS) is 18.7. The van der Waals surface area contributed by atoms with Crippen LogP contribution in [0.4, 0.5) is 10.9 Å². The first-order valence-corrected chi connectivity index (χ1v) is 7.90. The fourth-order valence-corrected chi connectivity index (χ4v) is 3.18. The zero-order chi connectivity index (χ0) is 14.7. The van der Waals surface area contributed by atoms with E-state index in [0.29, 0.717) is 6.04 Å². The molecule has 1 atom stereocenters. The molecule has 2 aromatic heterocycles. The van der Waals surface area contributed by atoms with Crippen LogP contribution in [0.1, 0.15) is 24.3 Å². The summed E-state index contributed by atoms with van der Waals surface area (Å²) in [5.41, 5.74) is -0.172. The lowest BCUT2D eigenvalue weighted by Crippen LogP contribution is -2.44. The van der Waals surface area contributed by atoms with Gasteiger partial charge in [-0.25, -0.2) is 5.10 Å². The first-order chi connectivity index (χ1) is 10.2. The van der Waals surface area contributed by atoms with Crippen LogP contribution in [0.2, 0.25) is 0 Å². The lowest BCUT2D eigenvalue weighted by atomic mass is 10.0. The van der Waals surface area contributed by atoms with Gasteiger partial charge in [-0.3, -0.25) is 4.79 Å². The maximum atomic E-state index is 11.1. The second-order valence-electron chi connectivity index (χ2n) is 5.13. The van der Waals surface area contributed by atoms with Crippen LogP contribution in [0.3, 0.4) is 0 Å². The molecule has 21 heavy (non-hydrogen) atoms. The molecular weight excluding hydrogens is 288 g/mol. The van der Waals surface area contributed by atoms with E-state index in [1.54, 1.807) is 17.4 Å². The molecule has 0 bridgehead atoms. The van der Waals surface area contributed by atoms with E-state index in [1.165, 1.54) is 12.5 Å². The van der Waals surface area contributed by atoms with Crippen LogP contribution in [0.25, 0.3) is 0 Å². The summed E-state index contributed by atoms with van der Waals surface area (Å²) in [6, 6.07) is 3.66. The molecule has 0 aromatic carbocycles. The van der Waals surface area contributed by atoms with Crippen LogP contribution in [0.5, 0.6) is 0 Å². The number of nitrogens with zero attached hydrogens (tertiary/aromatic N) is 4. The molecule has 3 heterocycles. The summed E-state index contributed by atoms with van der Waals surface area (Å²) in [6.45, 7) is 3.70. The SMILES string of the molecule is Cc1nnc(NCC2CCCCN2c2ccc(=O)[nH]n2)s1. The Labute approximate surface area is 126 Å². The van der Waals surface area contributed by atoms with Crippen molar-refractivity contribution in [2.45, 2.75) is 32.2 Å². The van der Waals surface area contributed by atoms with Crippen molar-refractivity contribution in [1.82, 2.24) is 20.4 Å². The van der Waals surface area contributed by atoms with Crippen LogP contribution >= 0.6 is 11.3 Å². The predicted octanol–water partition coefficient (Wildman–Crippen LogP) is 1.40. The third-order valence-corrected chi connectivity index (χ3v) is 4.40. The molecule has 7 nitrogen and oxygen atoms in total. The minimum absolute atomic E-state index is 0.172. The number of aromatic nitrogens is 4. The Morgan fingerprint density at radius 1 is 1.43 bits per heavy atom. The standard InChI is InChI=1S/C13H18N6OS/c1-9-15-18-13(21-9)14-8-10-4-2-3-7-19(10)11-5-6-12(20)17-16-11/h5-6,10H,2-4,7-8H2,1H3,(H,14,18)(H,17,20). The van der Waals surface area contributed by atoms with E-state index >= 15 is 0 Å². The van der Waals surface area contributed by atoms with Gasteiger partial charge in [0.05, 0.1) is 0 Å². The summed E-state index contributed by atoms with van der Waals surface area (Å²) in [7, 11) is 0. The number of H-pyrrole nitrogens is 1. The van der Waals surface area contributed by atoms with Crippen molar-refractivity contribution in [2.24, 2.45) is 0 Å². The highest BCUT2D eigenvalue weighted by Gasteiger charge is 2.23. The van der Waals surface area contributed by atoms with Gasteiger partial charge in [0.2, 0.25) is 5.13 Å².